The zero-order valence-corrected chi connectivity index (χ0v) is 35.3. The van der Waals surface area contributed by atoms with Crippen LogP contribution in [0.2, 0.25) is 0 Å². The zero-order chi connectivity index (χ0) is 41.9. The Hall–Kier alpha value is -8.18. The average Bonchev–Trinajstić information content (AvgIpc) is 4.05. The van der Waals surface area contributed by atoms with Crippen molar-refractivity contribution in [2.75, 3.05) is 4.90 Å². The molecule has 4 aromatic heterocycles. The van der Waals surface area contributed by atoms with Gasteiger partial charge in [0.2, 0.25) is 0 Å². The molecule has 0 saturated heterocycles. The van der Waals surface area contributed by atoms with Crippen molar-refractivity contribution in [3.63, 3.8) is 0 Å². The van der Waals surface area contributed by atoms with Gasteiger partial charge in [0.05, 0.1) is 16.6 Å². The molecule has 0 saturated carbocycles. The molecule has 4 heterocycles. The molecule has 0 radical (unpaired) electrons. The van der Waals surface area contributed by atoms with E-state index in [-0.39, 0.29) is 0 Å². The number of fused-ring (bicyclic) bond motifs is 10. The van der Waals surface area contributed by atoms with Gasteiger partial charge in [-0.15, -0.1) is 11.3 Å². The molecule has 10 aromatic carbocycles. The maximum absolute atomic E-state index is 6.48. The standard InChI is InChI=1S/C60H36N2OS/c1-2-12-37(13-3-1)38-26-30-40(31-27-38)61(41-32-28-39(29-33-41)43-16-8-21-50-45-15-5-7-23-54(45)63-60(43)50)42-34-35-53-51(36-42)49-20-9-19-48-47-18-11-25-56-58(47)57-46(17-10-24-55(57)64-56)44-14-4-6-22-52(44)62(53)59(48)49/h1-36H. The van der Waals surface area contributed by atoms with Crippen LogP contribution in [-0.4, -0.2) is 4.40 Å². The number of benzene rings is 10. The molecule has 0 aliphatic carbocycles. The Morgan fingerprint density at radius 1 is 0.359 bits per heavy atom. The Morgan fingerprint density at radius 2 is 0.891 bits per heavy atom. The summed E-state index contributed by atoms with van der Waals surface area (Å²) in [5.74, 6) is 0. The minimum Gasteiger partial charge on any atom is -0.455 e. The smallest absolute Gasteiger partial charge is 0.143 e. The van der Waals surface area contributed by atoms with Crippen molar-refractivity contribution in [3.05, 3.63) is 218 Å². The van der Waals surface area contributed by atoms with Gasteiger partial charge >= 0.3 is 0 Å². The molecule has 0 atom stereocenters. The summed E-state index contributed by atoms with van der Waals surface area (Å²) < 4.78 is 11.6. The molecule has 298 valence electrons. The SMILES string of the molecule is c1ccc(-c2ccc(N(c3ccc(-c4cccc5c4oc4ccccc45)cc3)c3ccc4c(c3)c3cccc5c6cccc7sc8cccc(c9ccccc9n4c53)c8c76)cc2)cc1. The van der Waals surface area contributed by atoms with E-state index < -0.39 is 0 Å². The summed E-state index contributed by atoms with van der Waals surface area (Å²) in [5, 5.41) is 12.4. The quantitative estimate of drug-likeness (QED) is 0.172. The molecule has 14 rings (SSSR count). The number of aromatic nitrogens is 1. The predicted octanol–water partition coefficient (Wildman–Crippen LogP) is 17.6. The molecular weight excluding hydrogens is 797 g/mol. The molecule has 64 heavy (non-hydrogen) atoms. The van der Waals surface area contributed by atoms with Gasteiger partial charge in [-0.3, -0.25) is 0 Å². The Morgan fingerprint density at radius 3 is 1.66 bits per heavy atom. The second kappa shape index (κ2) is 13.7. The van der Waals surface area contributed by atoms with Gasteiger partial charge in [-0.05, 0) is 94.2 Å². The first-order valence-electron chi connectivity index (χ1n) is 21.8. The van der Waals surface area contributed by atoms with Crippen molar-refractivity contribution < 1.29 is 4.42 Å². The highest BCUT2D eigenvalue weighted by molar-refractivity contribution is 7.26. The molecule has 0 unspecified atom stereocenters. The fourth-order valence-corrected chi connectivity index (χ4v) is 11.7. The fourth-order valence-electron chi connectivity index (χ4n) is 10.5. The van der Waals surface area contributed by atoms with Gasteiger partial charge in [0.1, 0.15) is 11.2 Å². The minimum absolute atomic E-state index is 0.904. The summed E-state index contributed by atoms with van der Waals surface area (Å²) in [6, 6.07) is 79.8. The number of para-hydroxylation sites is 4. The van der Waals surface area contributed by atoms with Gasteiger partial charge in [0.25, 0.3) is 0 Å². The van der Waals surface area contributed by atoms with Crippen LogP contribution in [0.3, 0.4) is 0 Å². The number of hydrogen-bond acceptors (Lipinski definition) is 3. The molecule has 0 N–H and O–H groups in total. The summed E-state index contributed by atoms with van der Waals surface area (Å²) in [6.07, 6.45) is 0. The summed E-state index contributed by atoms with van der Waals surface area (Å²) in [6.45, 7) is 0. The first-order valence-corrected chi connectivity index (χ1v) is 22.6. The molecule has 0 fully saturated rings. The zero-order valence-electron chi connectivity index (χ0n) is 34.5. The summed E-state index contributed by atoms with van der Waals surface area (Å²) >= 11 is 1.89. The fraction of sp³-hybridized carbons (Fsp3) is 0. The highest BCUT2D eigenvalue weighted by Crippen LogP contribution is 2.46. The second-order valence-electron chi connectivity index (χ2n) is 16.8. The minimum atomic E-state index is 0.904. The highest BCUT2D eigenvalue weighted by Gasteiger charge is 2.21. The second-order valence-corrected chi connectivity index (χ2v) is 17.9. The largest absolute Gasteiger partial charge is 0.455 e. The third kappa shape index (κ3) is 5.15. The Kier molecular flexibility index (Phi) is 7.56. The molecular formula is C60H36N2OS. The predicted molar refractivity (Wildman–Crippen MR) is 273 cm³/mol. The lowest BCUT2D eigenvalue weighted by molar-refractivity contribution is 0.670. The molecule has 0 bridgehead atoms. The lowest BCUT2D eigenvalue weighted by Gasteiger charge is -2.26. The van der Waals surface area contributed by atoms with E-state index in [1.807, 2.05) is 23.5 Å². The summed E-state index contributed by atoms with van der Waals surface area (Å²) in [7, 11) is 0. The first kappa shape index (κ1) is 35.4. The van der Waals surface area contributed by atoms with Crippen LogP contribution in [0.15, 0.2) is 223 Å². The van der Waals surface area contributed by atoms with Crippen molar-refractivity contribution >= 4 is 119 Å². The Balaban J connectivity index is 1.02. The van der Waals surface area contributed by atoms with Gasteiger partial charge < -0.3 is 13.7 Å². The van der Waals surface area contributed by atoms with Crippen LogP contribution in [-0.2, 0) is 0 Å². The number of anilines is 3. The van der Waals surface area contributed by atoms with E-state index in [4.69, 9.17) is 4.42 Å². The molecule has 4 heteroatoms. The van der Waals surface area contributed by atoms with Crippen LogP contribution in [0.25, 0.3) is 113 Å². The lowest BCUT2D eigenvalue weighted by Crippen LogP contribution is -2.09. The molecule has 14 aromatic rings. The maximum atomic E-state index is 6.48. The number of furan rings is 1. The van der Waals surface area contributed by atoms with Gasteiger partial charge in [-0.2, -0.15) is 0 Å². The van der Waals surface area contributed by atoms with Crippen LogP contribution < -0.4 is 4.90 Å². The topological polar surface area (TPSA) is 20.8 Å². The van der Waals surface area contributed by atoms with E-state index in [1.54, 1.807) is 0 Å². The summed E-state index contributed by atoms with van der Waals surface area (Å²) in [4.78, 5) is 2.39. The third-order valence-electron chi connectivity index (χ3n) is 13.4. The van der Waals surface area contributed by atoms with Crippen LogP contribution in [0.1, 0.15) is 0 Å². The number of thiophene rings is 1. The van der Waals surface area contributed by atoms with E-state index in [1.165, 1.54) is 80.2 Å². The number of hydrogen-bond donors (Lipinski definition) is 0. The number of rotatable bonds is 5. The molecule has 0 aliphatic rings. The Labute approximate surface area is 371 Å². The van der Waals surface area contributed by atoms with E-state index in [2.05, 4.69) is 216 Å². The number of nitrogens with zero attached hydrogens (tertiary/aromatic N) is 2. The Bertz CT molecular complexity index is 4180. The average molecular weight is 833 g/mol. The van der Waals surface area contributed by atoms with Crippen molar-refractivity contribution in [1.82, 2.24) is 4.40 Å². The van der Waals surface area contributed by atoms with Crippen molar-refractivity contribution in [2.45, 2.75) is 0 Å². The van der Waals surface area contributed by atoms with E-state index in [0.29, 0.717) is 0 Å². The van der Waals surface area contributed by atoms with Crippen LogP contribution in [0.4, 0.5) is 17.1 Å². The van der Waals surface area contributed by atoms with Crippen LogP contribution in [0.5, 0.6) is 0 Å². The molecule has 0 aliphatic heterocycles. The van der Waals surface area contributed by atoms with Gasteiger partial charge in [-0.1, -0.05) is 152 Å². The first-order chi connectivity index (χ1) is 31.7. The lowest BCUT2D eigenvalue weighted by atomic mass is 10.0. The van der Waals surface area contributed by atoms with Crippen LogP contribution >= 0.6 is 11.3 Å². The van der Waals surface area contributed by atoms with E-state index in [0.717, 1.165) is 50.1 Å². The molecule has 0 spiro atoms. The third-order valence-corrected chi connectivity index (χ3v) is 14.5. The summed E-state index contributed by atoms with van der Waals surface area (Å²) in [5.41, 5.74) is 13.2. The van der Waals surface area contributed by atoms with Crippen LogP contribution in [0, 0.1) is 0 Å². The molecule has 3 nitrogen and oxygen atoms in total. The van der Waals surface area contributed by atoms with Crippen molar-refractivity contribution in [3.8, 4) is 22.3 Å². The monoisotopic (exact) mass is 832 g/mol. The van der Waals surface area contributed by atoms with Gasteiger partial charge in [0, 0.05) is 75.1 Å². The van der Waals surface area contributed by atoms with Crippen molar-refractivity contribution in [2.24, 2.45) is 0 Å². The van der Waals surface area contributed by atoms with E-state index in [9.17, 15) is 0 Å². The van der Waals surface area contributed by atoms with Crippen molar-refractivity contribution in [1.29, 1.82) is 0 Å². The van der Waals surface area contributed by atoms with Gasteiger partial charge in [0.15, 0.2) is 0 Å². The molecule has 0 amide bonds. The highest BCUT2D eigenvalue weighted by atomic mass is 32.1. The van der Waals surface area contributed by atoms with Gasteiger partial charge in [-0.25, -0.2) is 0 Å². The normalized spacial score (nSPS) is 12.1. The van der Waals surface area contributed by atoms with E-state index >= 15 is 0 Å². The maximum Gasteiger partial charge on any atom is 0.143 e.